The molecule has 8 rings (SSSR count). The van der Waals surface area contributed by atoms with Crippen LogP contribution in [0.1, 0.15) is 46.4 Å². The largest absolute Gasteiger partial charge is 0.394 e. The first-order valence-electron chi connectivity index (χ1n) is 14.4. The van der Waals surface area contributed by atoms with E-state index in [0.29, 0.717) is 63.5 Å². The topological polar surface area (TPSA) is 90.9 Å². The van der Waals surface area contributed by atoms with Crippen molar-refractivity contribution in [1.29, 1.82) is 0 Å². The van der Waals surface area contributed by atoms with Crippen LogP contribution in [0.3, 0.4) is 0 Å². The van der Waals surface area contributed by atoms with Crippen molar-refractivity contribution in [2.45, 2.75) is 37.8 Å². The van der Waals surface area contributed by atoms with Crippen LogP contribution in [0.4, 0.5) is 11.4 Å². The quantitative estimate of drug-likeness (QED) is 0.0766. The van der Waals surface area contributed by atoms with Crippen LogP contribution >= 0.6 is 46.4 Å². The van der Waals surface area contributed by atoms with Crippen LogP contribution in [0.5, 0.6) is 0 Å². The number of halogens is 4. The molecule has 0 aromatic heterocycles. The van der Waals surface area contributed by atoms with Crippen LogP contribution in [0, 0.1) is 0 Å². The summed E-state index contributed by atoms with van der Waals surface area (Å²) in [6.45, 7) is 0.0549. The summed E-state index contributed by atoms with van der Waals surface area (Å²) in [6.07, 6.45) is 4.40. The molecule has 2 atom stereocenters. The lowest BCUT2D eigenvalue weighted by atomic mass is 9.84. The zero-order valence-electron chi connectivity index (χ0n) is 22.8. The summed E-state index contributed by atoms with van der Waals surface area (Å²) in [7, 11) is 0. The minimum absolute atomic E-state index is 0.0185. The molecule has 43 heavy (non-hydrogen) atoms. The number of aliphatic hydroxyl groups excluding tert-OH is 1. The maximum absolute atomic E-state index is 13.8. The number of aliphatic hydroxyl groups is 1. The van der Waals surface area contributed by atoms with Gasteiger partial charge in [0.25, 0.3) is 11.8 Å². The lowest BCUT2D eigenvalue weighted by Crippen LogP contribution is -2.42. The third kappa shape index (κ3) is 3.89. The van der Waals surface area contributed by atoms with Gasteiger partial charge >= 0.3 is 0 Å². The minimum Gasteiger partial charge on any atom is -0.394 e. The van der Waals surface area contributed by atoms with Gasteiger partial charge in [-0.2, -0.15) is 0 Å². The highest BCUT2D eigenvalue weighted by Crippen LogP contribution is 2.55. The molecule has 5 aromatic rings. The zero-order chi connectivity index (χ0) is 29.7. The number of imide groups is 1. The summed E-state index contributed by atoms with van der Waals surface area (Å²) in [5.74, 6) is -0.958. The van der Waals surface area contributed by atoms with E-state index in [1.54, 1.807) is 12.1 Å². The van der Waals surface area contributed by atoms with Gasteiger partial charge in [-0.05, 0) is 37.1 Å². The Morgan fingerprint density at radius 1 is 0.674 bits per heavy atom. The number of fused-ring (bicyclic) bond motifs is 3. The van der Waals surface area contributed by atoms with Crippen molar-refractivity contribution in [3.05, 3.63) is 55.5 Å². The van der Waals surface area contributed by atoms with Gasteiger partial charge in [0.05, 0.1) is 47.5 Å². The number of ether oxygens (including phenoxy) is 1. The molecule has 2 amide bonds. The number of nitrogens with one attached hydrogen (secondary N) is 2. The number of nitrogens with zero attached hydrogens (tertiary/aromatic N) is 1. The molecule has 0 bridgehead atoms. The fourth-order valence-electron chi connectivity index (χ4n) is 7.47. The fourth-order valence-corrected chi connectivity index (χ4v) is 8.66. The molecule has 3 N–H and O–H groups in total. The summed E-state index contributed by atoms with van der Waals surface area (Å²) in [5, 5.41) is 23.7. The van der Waals surface area contributed by atoms with Gasteiger partial charge in [0.15, 0.2) is 0 Å². The molecule has 11 heteroatoms. The molecule has 2 unspecified atom stereocenters. The summed E-state index contributed by atoms with van der Waals surface area (Å²) >= 11 is 28.4. The van der Waals surface area contributed by atoms with Crippen molar-refractivity contribution in [3.63, 3.8) is 0 Å². The average Bonchev–Trinajstić information content (AvgIpc) is 3.13. The van der Waals surface area contributed by atoms with E-state index in [4.69, 9.17) is 56.2 Å². The molecule has 2 aliphatic heterocycles. The first kappa shape index (κ1) is 27.7. The number of hydrogen-bond donors (Lipinski definition) is 3. The van der Waals surface area contributed by atoms with Gasteiger partial charge in [0.2, 0.25) is 0 Å². The van der Waals surface area contributed by atoms with Crippen LogP contribution in [0.2, 0.25) is 20.1 Å². The molecule has 0 saturated heterocycles. The Labute approximate surface area is 266 Å². The predicted octanol–water partition coefficient (Wildman–Crippen LogP) is 8.10. The molecule has 7 nitrogen and oxygen atoms in total. The molecule has 0 spiro atoms. The first-order chi connectivity index (χ1) is 20.8. The number of amides is 2. The number of rotatable bonds is 5. The van der Waals surface area contributed by atoms with Gasteiger partial charge in [-0.1, -0.05) is 59.2 Å². The van der Waals surface area contributed by atoms with E-state index in [-0.39, 0.29) is 38.4 Å². The van der Waals surface area contributed by atoms with Crippen LogP contribution < -0.4 is 10.6 Å². The average molecular weight is 657 g/mol. The molecule has 1 aliphatic carbocycles. The molecule has 220 valence electrons. The van der Waals surface area contributed by atoms with Crippen molar-refractivity contribution in [3.8, 4) is 0 Å². The number of carbonyl (C=O) groups is 2. The first-order valence-corrected chi connectivity index (χ1v) is 15.9. The van der Waals surface area contributed by atoms with E-state index >= 15 is 0 Å². The highest BCUT2D eigenvalue weighted by atomic mass is 35.5. The predicted molar refractivity (Wildman–Crippen MR) is 174 cm³/mol. The van der Waals surface area contributed by atoms with Gasteiger partial charge in [0, 0.05) is 76.6 Å². The van der Waals surface area contributed by atoms with Crippen LogP contribution in [-0.4, -0.2) is 60.3 Å². The Balaban J connectivity index is 1.47. The van der Waals surface area contributed by atoms with Gasteiger partial charge < -0.3 is 20.5 Å². The van der Waals surface area contributed by atoms with Gasteiger partial charge in [-0.15, -0.1) is 0 Å². The Kier molecular flexibility index (Phi) is 6.53. The molecule has 1 saturated carbocycles. The molecular formula is C32H25Cl4N3O4. The van der Waals surface area contributed by atoms with Crippen molar-refractivity contribution in [1.82, 2.24) is 4.90 Å². The SMILES string of the molecule is O=C1c2cc(Cl)c3c4c(Cl)cc5c6c(cc(Cl)c(c7c(Cl)cc(c2c37)C(=O)N1CCOCCO)c64)NC1CCCCC1N5. The van der Waals surface area contributed by atoms with Gasteiger partial charge in [-0.25, -0.2) is 0 Å². The molecular weight excluding hydrogens is 632 g/mol. The second-order valence-electron chi connectivity index (χ2n) is 11.5. The Hall–Kier alpha value is -2.78. The molecule has 0 radical (unpaired) electrons. The van der Waals surface area contributed by atoms with Crippen LogP contribution in [0.25, 0.3) is 43.1 Å². The second-order valence-corrected chi connectivity index (χ2v) is 13.1. The van der Waals surface area contributed by atoms with Gasteiger partial charge in [-0.3, -0.25) is 14.5 Å². The summed E-state index contributed by atoms with van der Waals surface area (Å²) in [5.41, 5.74) is 2.43. The minimum atomic E-state index is -0.479. The lowest BCUT2D eigenvalue weighted by Gasteiger charge is -2.32. The number of benzene rings is 5. The molecule has 2 heterocycles. The zero-order valence-corrected chi connectivity index (χ0v) is 25.8. The van der Waals surface area contributed by atoms with Crippen LogP contribution in [-0.2, 0) is 4.74 Å². The van der Waals surface area contributed by atoms with Crippen molar-refractivity contribution < 1.29 is 19.4 Å². The molecule has 5 aromatic carbocycles. The van der Waals surface area contributed by atoms with E-state index in [1.165, 1.54) is 0 Å². The molecule has 1 fully saturated rings. The number of hydrogen-bond acceptors (Lipinski definition) is 6. The van der Waals surface area contributed by atoms with E-state index < -0.39 is 11.8 Å². The highest BCUT2D eigenvalue weighted by Gasteiger charge is 2.37. The normalized spacial score (nSPS) is 19.8. The number of anilines is 2. The monoisotopic (exact) mass is 655 g/mol. The fraction of sp³-hybridized carbons (Fsp3) is 0.312. The lowest BCUT2D eigenvalue weighted by molar-refractivity contribution is 0.0478. The summed E-state index contributed by atoms with van der Waals surface area (Å²) in [4.78, 5) is 28.6. The second kappa shape index (κ2) is 10.1. The maximum atomic E-state index is 13.8. The Bertz CT molecular complexity index is 1920. The summed E-state index contributed by atoms with van der Waals surface area (Å²) < 4.78 is 5.34. The summed E-state index contributed by atoms with van der Waals surface area (Å²) in [6, 6.07) is 7.62. The van der Waals surface area contributed by atoms with E-state index in [0.717, 1.165) is 52.7 Å². The highest BCUT2D eigenvalue weighted by molar-refractivity contribution is 6.55. The van der Waals surface area contributed by atoms with Crippen molar-refractivity contribution in [2.24, 2.45) is 0 Å². The third-order valence-electron chi connectivity index (χ3n) is 9.21. The van der Waals surface area contributed by atoms with Crippen molar-refractivity contribution in [2.75, 3.05) is 37.0 Å². The smallest absolute Gasteiger partial charge is 0.261 e. The maximum Gasteiger partial charge on any atom is 0.261 e. The standard InChI is InChI=1S/C32H25Cl4N3O4/c33-15-9-13-23-14(32(42)39(31(13)41)5-7-43-8-6-40)10-16(34)25-27-18(36)12-22-28-21(37-19-3-1-2-4-20(19)38-22)11-17(35)26(30(27)28)24(15)29(23)25/h9-12,19-20,37-38,40H,1-8H2. The van der Waals surface area contributed by atoms with E-state index in [9.17, 15) is 9.59 Å². The molecule has 3 aliphatic rings. The van der Waals surface area contributed by atoms with Crippen molar-refractivity contribution >= 4 is 113 Å². The van der Waals surface area contributed by atoms with E-state index in [1.807, 2.05) is 12.1 Å². The Morgan fingerprint density at radius 3 is 1.63 bits per heavy atom. The number of carbonyl (C=O) groups excluding carboxylic acids is 2. The Morgan fingerprint density at radius 2 is 1.14 bits per heavy atom. The third-order valence-corrected chi connectivity index (χ3v) is 10.4. The van der Waals surface area contributed by atoms with Gasteiger partial charge in [0.1, 0.15) is 0 Å². The van der Waals surface area contributed by atoms with E-state index in [2.05, 4.69) is 10.6 Å². The van der Waals surface area contributed by atoms with Crippen LogP contribution in [0.15, 0.2) is 24.3 Å².